The molecule has 0 heterocycles. The van der Waals surface area contributed by atoms with Crippen LogP contribution in [-0.2, 0) is 4.79 Å². The molecule has 1 N–H and O–H groups in total. The lowest BCUT2D eigenvalue weighted by molar-refractivity contribution is -0.139. The van der Waals surface area contributed by atoms with Gasteiger partial charge in [-0.3, -0.25) is 4.79 Å². The van der Waals surface area contributed by atoms with Crippen LogP contribution >= 0.6 is 34.8 Å². The maximum absolute atomic E-state index is 10.9. The van der Waals surface area contributed by atoms with Gasteiger partial charge in [0.25, 0.3) is 0 Å². The Morgan fingerprint density at radius 1 is 1.33 bits per heavy atom. The SMILES string of the molecule is CC1(C)C(/C=C(/Cl)C=C(Cl)Cl)C1C(=O)O. The molecule has 0 saturated heterocycles. The van der Waals surface area contributed by atoms with Crippen LogP contribution in [0.25, 0.3) is 0 Å². The second kappa shape index (κ2) is 4.36. The van der Waals surface area contributed by atoms with Crippen molar-refractivity contribution in [2.45, 2.75) is 13.8 Å². The number of rotatable bonds is 3. The summed E-state index contributed by atoms with van der Waals surface area (Å²) in [7, 11) is 0. The zero-order valence-electron chi connectivity index (χ0n) is 8.30. The summed E-state index contributed by atoms with van der Waals surface area (Å²) in [5.41, 5.74) is -0.251. The summed E-state index contributed by atoms with van der Waals surface area (Å²) >= 11 is 16.7. The number of halogens is 3. The molecule has 2 nitrogen and oxygen atoms in total. The van der Waals surface area contributed by atoms with Gasteiger partial charge in [-0.1, -0.05) is 54.7 Å². The highest BCUT2D eigenvalue weighted by molar-refractivity contribution is 6.56. The summed E-state index contributed by atoms with van der Waals surface area (Å²) in [4.78, 5) is 10.9. The van der Waals surface area contributed by atoms with Crippen molar-refractivity contribution in [2.75, 3.05) is 0 Å². The van der Waals surface area contributed by atoms with Crippen LogP contribution in [0.5, 0.6) is 0 Å². The minimum absolute atomic E-state index is 0.0570. The molecule has 0 spiro atoms. The van der Waals surface area contributed by atoms with Crippen molar-refractivity contribution in [3.63, 3.8) is 0 Å². The third kappa shape index (κ3) is 2.90. The van der Waals surface area contributed by atoms with Crippen LogP contribution in [0.4, 0.5) is 0 Å². The molecule has 1 saturated carbocycles. The van der Waals surface area contributed by atoms with Gasteiger partial charge in [0.2, 0.25) is 0 Å². The van der Waals surface area contributed by atoms with E-state index in [4.69, 9.17) is 39.9 Å². The van der Waals surface area contributed by atoms with Crippen LogP contribution in [0.3, 0.4) is 0 Å². The summed E-state index contributed by atoms with van der Waals surface area (Å²) in [6, 6.07) is 0. The van der Waals surface area contributed by atoms with Crippen molar-refractivity contribution in [1.29, 1.82) is 0 Å². The van der Waals surface area contributed by atoms with Crippen molar-refractivity contribution in [2.24, 2.45) is 17.3 Å². The van der Waals surface area contributed by atoms with Gasteiger partial charge in [0.15, 0.2) is 0 Å². The smallest absolute Gasteiger partial charge is 0.307 e. The Kier molecular flexibility index (Phi) is 3.75. The van der Waals surface area contributed by atoms with Crippen molar-refractivity contribution >= 4 is 40.8 Å². The largest absolute Gasteiger partial charge is 0.481 e. The van der Waals surface area contributed by atoms with Gasteiger partial charge in [0.05, 0.1) is 5.92 Å². The molecule has 0 radical (unpaired) electrons. The quantitative estimate of drug-likeness (QED) is 0.792. The lowest BCUT2D eigenvalue weighted by Crippen LogP contribution is -2.02. The van der Waals surface area contributed by atoms with E-state index in [0.29, 0.717) is 5.03 Å². The van der Waals surface area contributed by atoms with Gasteiger partial charge in [-0.05, 0) is 17.4 Å². The van der Waals surface area contributed by atoms with E-state index in [1.807, 2.05) is 13.8 Å². The second-order valence-electron chi connectivity index (χ2n) is 4.15. The molecule has 2 unspecified atom stereocenters. The van der Waals surface area contributed by atoms with Crippen LogP contribution in [0, 0.1) is 17.3 Å². The van der Waals surface area contributed by atoms with Crippen LogP contribution in [-0.4, -0.2) is 11.1 Å². The summed E-state index contributed by atoms with van der Waals surface area (Å²) in [6.45, 7) is 3.78. The molecule has 0 aromatic rings. The van der Waals surface area contributed by atoms with Crippen LogP contribution in [0.2, 0.25) is 0 Å². The molecule has 1 aliphatic carbocycles. The van der Waals surface area contributed by atoms with Crippen LogP contribution in [0.1, 0.15) is 13.8 Å². The predicted molar refractivity (Wildman–Crippen MR) is 62.1 cm³/mol. The van der Waals surface area contributed by atoms with Gasteiger partial charge in [-0.15, -0.1) is 0 Å². The summed E-state index contributed by atoms with van der Waals surface area (Å²) in [5.74, 6) is -1.24. The van der Waals surface area contributed by atoms with Gasteiger partial charge in [-0.2, -0.15) is 0 Å². The van der Waals surface area contributed by atoms with Gasteiger partial charge in [0.1, 0.15) is 4.49 Å². The van der Waals surface area contributed by atoms with E-state index in [0.717, 1.165) is 0 Å². The topological polar surface area (TPSA) is 37.3 Å². The van der Waals surface area contributed by atoms with E-state index in [-0.39, 0.29) is 21.7 Å². The van der Waals surface area contributed by atoms with Crippen LogP contribution < -0.4 is 0 Å². The van der Waals surface area contributed by atoms with Gasteiger partial charge < -0.3 is 5.11 Å². The van der Waals surface area contributed by atoms with Crippen molar-refractivity contribution in [3.8, 4) is 0 Å². The zero-order valence-corrected chi connectivity index (χ0v) is 10.6. The molecule has 0 aromatic carbocycles. The number of carbonyl (C=O) groups is 1. The Bertz CT molecular complexity index is 341. The lowest BCUT2D eigenvalue weighted by Gasteiger charge is -1.96. The molecule has 0 amide bonds. The molecular formula is C10H11Cl3O2. The highest BCUT2D eigenvalue weighted by Gasteiger charge is 2.60. The first kappa shape index (κ1) is 12.9. The Balaban J connectivity index is 2.78. The highest BCUT2D eigenvalue weighted by Crippen LogP contribution is 2.59. The van der Waals surface area contributed by atoms with E-state index < -0.39 is 5.97 Å². The van der Waals surface area contributed by atoms with E-state index in [9.17, 15) is 4.79 Å². The molecule has 5 heteroatoms. The average Bonchev–Trinajstić information content (AvgIpc) is 2.50. The first-order valence-electron chi connectivity index (χ1n) is 4.39. The molecule has 0 bridgehead atoms. The fourth-order valence-corrected chi connectivity index (χ4v) is 2.38. The highest BCUT2D eigenvalue weighted by atomic mass is 35.5. The number of hydrogen-bond acceptors (Lipinski definition) is 1. The molecule has 2 atom stereocenters. The number of hydrogen-bond donors (Lipinski definition) is 1. The molecule has 0 aromatic heterocycles. The Labute approximate surface area is 104 Å². The van der Waals surface area contributed by atoms with Gasteiger partial charge in [0, 0.05) is 5.03 Å². The standard InChI is InChI=1S/C10H11Cl3O2/c1-10(2)6(8(10)9(14)15)3-5(11)4-7(12)13/h3-4,6,8H,1-2H3,(H,14,15)/b5-3+. The molecular weight excluding hydrogens is 258 g/mol. The zero-order chi connectivity index (χ0) is 11.8. The van der Waals surface area contributed by atoms with E-state index in [2.05, 4.69) is 0 Å². The van der Waals surface area contributed by atoms with Crippen molar-refractivity contribution < 1.29 is 9.90 Å². The molecule has 84 valence electrons. The third-order valence-electron chi connectivity index (χ3n) is 2.76. The van der Waals surface area contributed by atoms with E-state index in [1.54, 1.807) is 6.08 Å². The fourth-order valence-electron chi connectivity index (χ4n) is 1.78. The molecule has 15 heavy (non-hydrogen) atoms. The second-order valence-corrected chi connectivity index (χ2v) is 5.59. The Morgan fingerprint density at radius 2 is 1.87 bits per heavy atom. The molecule has 1 rings (SSSR count). The monoisotopic (exact) mass is 268 g/mol. The number of allylic oxidation sites excluding steroid dienone is 3. The van der Waals surface area contributed by atoms with Crippen molar-refractivity contribution in [3.05, 3.63) is 21.7 Å². The minimum atomic E-state index is -0.799. The number of aliphatic carboxylic acids is 1. The van der Waals surface area contributed by atoms with Gasteiger partial charge >= 0.3 is 5.97 Å². The Hall–Kier alpha value is -0.180. The van der Waals surface area contributed by atoms with E-state index >= 15 is 0 Å². The predicted octanol–water partition coefficient (Wildman–Crippen LogP) is 3.78. The normalized spacial score (nSPS) is 28.5. The number of carboxylic acids is 1. The lowest BCUT2D eigenvalue weighted by atomic mass is 10.1. The summed E-state index contributed by atoms with van der Waals surface area (Å²) in [5, 5.41) is 9.29. The molecule has 1 aliphatic rings. The van der Waals surface area contributed by atoms with Gasteiger partial charge in [-0.25, -0.2) is 0 Å². The molecule has 0 aliphatic heterocycles. The Morgan fingerprint density at radius 3 is 2.20 bits per heavy atom. The van der Waals surface area contributed by atoms with Crippen LogP contribution in [0.15, 0.2) is 21.7 Å². The first-order valence-corrected chi connectivity index (χ1v) is 5.53. The maximum Gasteiger partial charge on any atom is 0.307 e. The van der Waals surface area contributed by atoms with Crippen molar-refractivity contribution in [1.82, 2.24) is 0 Å². The first-order chi connectivity index (χ1) is 6.76. The third-order valence-corrected chi connectivity index (χ3v) is 3.22. The minimum Gasteiger partial charge on any atom is -0.481 e. The summed E-state index contributed by atoms with van der Waals surface area (Å²) in [6.07, 6.45) is 3.07. The number of carboxylic acid groups (broad SMARTS) is 1. The van der Waals surface area contributed by atoms with E-state index in [1.165, 1.54) is 6.08 Å². The molecule has 1 fully saturated rings. The summed E-state index contributed by atoms with van der Waals surface area (Å²) < 4.78 is 0.0570. The average molecular weight is 270 g/mol. The fraction of sp³-hybridized carbons (Fsp3) is 0.500. The maximum atomic E-state index is 10.9.